The second kappa shape index (κ2) is 37.0. The number of imidazole rings is 4. The fraction of sp³-hybridized carbons (Fsp3) is 0.473. The minimum atomic E-state index is -0.0482. The number of hydrogen-bond acceptors (Lipinski definition) is 20. The van der Waals surface area contributed by atoms with E-state index in [1.54, 1.807) is 0 Å². The van der Waals surface area contributed by atoms with E-state index in [1.807, 2.05) is 61.2 Å². The molecule has 117 heavy (non-hydrogen) atoms. The number of nitrogens with zero attached hydrogens (tertiary/aromatic N) is 21. The van der Waals surface area contributed by atoms with Crippen molar-refractivity contribution in [1.29, 1.82) is 0 Å². The summed E-state index contributed by atoms with van der Waals surface area (Å²) in [4.78, 5) is 73.6. The number of piperidine rings is 4. The lowest BCUT2D eigenvalue weighted by Gasteiger charge is -2.41. The number of carbonyl (C=O) groups is 1. The Bertz CT molecular complexity index is 5260. The van der Waals surface area contributed by atoms with Crippen LogP contribution in [0.4, 0.5) is 17.5 Å². The number of Topliss-reactive ketones (excluding diaryl/α,β-unsaturated/α-hetero) is 1. The maximum absolute atomic E-state index is 12.7. The predicted molar refractivity (Wildman–Crippen MR) is 467 cm³/mol. The van der Waals surface area contributed by atoms with Gasteiger partial charge in [-0.05, 0) is 242 Å². The van der Waals surface area contributed by atoms with Crippen LogP contribution in [-0.2, 0) is 4.79 Å². The predicted octanol–water partition coefficient (Wildman–Crippen LogP) is 13.9. The number of rotatable bonds is 15. The Morgan fingerprint density at radius 3 is 1.21 bits per heavy atom. The molecule has 19 heterocycles. The van der Waals surface area contributed by atoms with Crippen molar-refractivity contribution in [2.45, 2.75) is 160 Å². The number of aryl methyl sites for hydroxylation is 4. The molecule has 12 aromatic rings. The maximum Gasteiger partial charge on any atom is 0.138 e. The van der Waals surface area contributed by atoms with Crippen LogP contribution in [0.1, 0.15) is 200 Å². The van der Waals surface area contributed by atoms with Crippen molar-refractivity contribution in [3.63, 3.8) is 0 Å². The van der Waals surface area contributed by atoms with Gasteiger partial charge in [0.05, 0.1) is 93.9 Å². The summed E-state index contributed by atoms with van der Waals surface area (Å²) in [5, 5.41) is 3.44. The molecule has 0 aromatic carbocycles. The van der Waals surface area contributed by atoms with Crippen molar-refractivity contribution in [3.05, 3.63) is 245 Å². The number of unbranched alkanes of at least 4 members (excludes halogenated alkanes) is 1. The number of pyridine rings is 8. The number of piperazine rings is 3. The van der Waals surface area contributed by atoms with Crippen molar-refractivity contribution < 1.29 is 4.79 Å². The number of hydrogen-bond donors (Lipinski definition) is 2. The SMILES string of the molecule is Cc1cccnc1[C@@H]1CC(=O)C[C@H](c2cn3c(N4CCN(C)CC4)cccc3n2)N1C.Cc1cccnc1[C@@H]1CCC[C@H](c2cn3c(N4CCN(C)CC4)cccc3n2)N1C.Cc1cccnc1[C@@H]1CCC[C@H](c2cn3c(N4CCNCC4)cccc3n2)N1C.Cc1cccnc1[C@@H]1CCC[C@H](c2cn3ccccc3n2)N1CCCCN. The highest BCUT2D eigenvalue weighted by Crippen LogP contribution is 2.46. The number of nitrogens with two attached hydrogens (primary N) is 1. The zero-order valence-electron chi connectivity index (χ0n) is 70.3. The van der Waals surface area contributed by atoms with E-state index < -0.39 is 0 Å². The number of fused-ring (bicyclic) bond motifs is 4. The summed E-state index contributed by atoms with van der Waals surface area (Å²) in [7, 11) is 11.0. The van der Waals surface area contributed by atoms with E-state index >= 15 is 0 Å². The summed E-state index contributed by atoms with van der Waals surface area (Å²) in [6, 6.07) is 44.0. The molecular weight excluding hydrogens is 1460 g/mol. The average molecular weight is 1580 g/mol. The minimum absolute atomic E-state index is 0.0191. The van der Waals surface area contributed by atoms with Crippen LogP contribution in [0.3, 0.4) is 0 Å². The normalized spacial score (nSPS) is 23.1. The third-order valence-corrected chi connectivity index (χ3v) is 26.1. The van der Waals surface area contributed by atoms with Crippen molar-refractivity contribution in [3.8, 4) is 0 Å². The number of likely N-dealkylation sites (tertiary alicyclic amines) is 4. The minimum Gasteiger partial charge on any atom is -0.355 e. The summed E-state index contributed by atoms with van der Waals surface area (Å²) >= 11 is 0. The molecular formula is C93H121N23O. The molecule has 0 unspecified atom stereocenters. The van der Waals surface area contributed by atoms with Gasteiger partial charge >= 0.3 is 0 Å². The fourth-order valence-electron chi connectivity index (χ4n) is 19.4. The number of anilines is 3. The van der Waals surface area contributed by atoms with Gasteiger partial charge in [0.25, 0.3) is 0 Å². The first kappa shape index (κ1) is 80.9. The van der Waals surface area contributed by atoms with Crippen LogP contribution in [0, 0.1) is 27.7 Å². The van der Waals surface area contributed by atoms with Gasteiger partial charge in [-0.1, -0.05) is 48.5 Å². The first-order valence-corrected chi connectivity index (χ1v) is 43.1. The van der Waals surface area contributed by atoms with Gasteiger partial charge in [-0.3, -0.25) is 57.5 Å². The van der Waals surface area contributed by atoms with Crippen LogP contribution in [0.2, 0.25) is 0 Å². The molecule has 0 saturated carbocycles. The molecule has 3 N–H and O–H groups in total. The zero-order chi connectivity index (χ0) is 80.6. The van der Waals surface area contributed by atoms with Gasteiger partial charge in [0, 0.05) is 147 Å². The Kier molecular flexibility index (Phi) is 25.5. The van der Waals surface area contributed by atoms with E-state index in [0.29, 0.717) is 49.1 Å². The molecule has 0 radical (unpaired) electrons. The van der Waals surface area contributed by atoms with Crippen LogP contribution >= 0.6 is 0 Å². The number of nitrogens with one attached hydrogen (secondary N) is 1. The topological polar surface area (TPSA) is 205 Å². The smallest absolute Gasteiger partial charge is 0.138 e. The van der Waals surface area contributed by atoms with Crippen LogP contribution < -0.4 is 25.8 Å². The standard InChI is InChI=1S/C24H30N6O.C24H32N6.C23H30N6.C22H29N5/c1-17-6-5-9-25-24(17)21-15-18(31)14-20(28(21)3)19-16-30-22(26-19)7-4-8-23(30)29-12-10-27(2)11-13-29;1-18-7-6-12-25-24(18)21-9-4-8-20(28(21)3)19-17-30-22(26-19)10-5-11-23(30)29-15-13-27(2)14-16-29;1-17-6-5-11-25-23(17)20-8-3-7-19(27(20)2)18-16-29-21(26-18)9-4-10-22(29)28-14-12-24-13-15-28;1-17-8-7-13-24-22(17)20-10-6-9-19(27(20)15-5-3-12-23)18-16-26-14-4-2-11-21(26)25-18/h4-9,16,20-21H,10-15H2,1-3H3;5-7,10-12,17,20-21H,4,8-9,13-16H2,1-3H3;4-6,9-11,16,19-20,24H,3,7-8,12-15H2,1-2H3;2,4,7-8,11,13-14,16,19-20H,3,5-6,9-10,12,15,23H2,1H3/t2*20-,21+;2*19-,20+/m1111/s1. The first-order chi connectivity index (χ1) is 57.1. The van der Waals surface area contributed by atoms with Gasteiger partial charge < -0.3 is 40.0 Å². The summed E-state index contributed by atoms with van der Waals surface area (Å²) in [5.41, 5.74) is 23.9. The van der Waals surface area contributed by atoms with Gasteiger partial charge in [0.1, 0.15) is 45.8 Å². The zero-order valence-corrected chi connectivity index (χ0v) is 70.3. The third kappa shape index (κ3) is 17.8. The van der Waals surface area contributed by atoms with Crippen molar-refractivity contribution in [1.82, 2.24) is 92.2 Å². The summed E-state index contributed by atoms with van der Waals surface area (Å²) < 4.78 is 8.89. The Morgan fingerprint density at radius 1 is 0.376 bits per heavy atom. The van der Waals surface area contributed by atoms with Crippen molar-refractivity contribution in [2.24, 2.45) is 5.73 Å². The number of aromatic nitrogens is 12. The second-order valence-corrected chi connectivity index (χ2v) is 33.7. The molecule has 8 atom stereocenters. The Hall–Kier alpha value is -9.89. The first-order valence-electron chi connectivity index (χ1n) is 43.1. The molecule has 0 bridgehead atoms. The number of carbonyl (C=O) groups excluding carboxylic acids is 1. The molecule has 19 rings (SSSR count). The lowest BCUT2D eigenvalue weighted by molar-refractivity contribution is -0.125. The fourth-order valence-corrected chi connectivity index (χ4v) is 19.4. The van der Waals surface area contributed by atoms with Crippen LogP contribution in [-0.4, -0.2) is 220 Å². The summed E-state index contributed by atoms with van der Waals surface area (Å²) in [5.74, 6) is 3.95. The molecule has 614 valence electrons. The molecule has 7 aliphatic rings. The van der Waals surface area contributed by atoms with Crippen molar-refractivity contribution in [2.75, 3.05) is 142 Å². The van der Waals surface area contributed by atoms with Crippen LogP contribution in [0.15, 0.2) is 177 Å². The van der Waals surface area contributed by atoms with E-state index in [4.69, 9.17) is 40.6 Å². The van der Waals surface area contributed by atoms with Gasteiger partial charge in [0.2, 0.25) is 0 Å². The van der Waals surface area contributed by atoms with E-state index in [0.717, 1.165) is 183 Å². The molecule has 24 nitrogen and oxygen atoms in total. The summed E-state index contributed by atoms with van der Waals surface area (Å²) in [6.07, 6.45) is 32.2. The molecule has 24 heteroatoms. The second-order valence-electron chi connectivity index (χ2n) is 33.7. The lowest BCUT2D eigenvalue weighted by atomic mass is 9.90. The lowest BCUT2D eigenvalue weighted by Crippen LogP contribution is -2.45. The van der Waals surface area contributed by atoms with Gasteiger partial charge in [0.15, 0.2) is 0 Å². The maximum atomic E-state index is 12.7. The number of likely N-dealkylation sites (N-methyl/N-ethyl adjacent to an activating group) is 2. The van der Waals surface area contributed by atoms with E-state index in [1.165, 1.54) is 87.6 Å². The van der Waals surface area contributed by atoms with Gasteiger partial charge in [-0.15, -0.1) is 0 Å². The van der Waals surface area contributed by atoms with Crippen molar-refractivity contribution >= 4 is 45.8 Å². The highest BCUT2D eigenvalue weighted by Gasteiger charge is 2.40. The van der Waals surface area contributed by atoms with Gasteiger partial charge in [-0.25, -0.2) is 19.9 Å². The largest absolute Gasteiger partial charge is 0.355 e. The highest BCUT2D eigenvalue weighted by molar-refractivity contribution is 5.81. The van der Waals surface area contributed by atoms with Crippen LogP contribution in [0.25, 0.3) is 22.6 Å². The van der Waals surface area contributed by atoms with Gasteiger partial charge in [-0.2, -0.15) is 0 Å². The van der Waals surface area contributed by atoms with E-state index in [2.05, 4.69) is 251 Å². The highest BCUT2D eigenvalue weighted by atomic mass is 16.1. The molecule has 0 aliphatic carbocycles. The molecule has 12 aromatic heterocycles. The molecule has 0 spiro atoms. The molecule has 7 saturated heterocycles. The Balaban J connectivity index is 0.000000117. The monoisotopic (exact) mass is 1580 g/mol. The molecule has 0 amide bonds. The van der Waals surface area contributed by atoms with E-state index in [9.17, 15) is 4.79 Å². The van der Waals surface area contributed by atoms with E-state index in [-0.39, 0.29) is 17.9 Å². The van der Waals surface area contributed by atoms with Crippen LogP contribution in [0.5, 0.6) is 0 Å². The molecule has 7 fully saturated rings. The Morgan fingerprint density at radius 2 is 0.752 bits per heavy atom. The Labute approximate surface area is 690 Å². The molecule has 7 aliphatic heterocycles. The quantitative estimate of drug-likeness (QED) is 0.0916. The number of ketones is 1. The third-order valence-electron chi connectivity index (χ3n) is 26.1. The average Bonchev–Trinajstić information content (AvgIpc) is 1.51. The summed E-state index contributed by atoms with van der Waals surface area (Å²) in [6.45, 7) is 23.0.